The maximum absolute atomic E-state index is 12.3. The van der Waals surface area contributed by atoms with Crippen LogP contribution >= 0.6 is 27.3 Å². The van der Waals surface area contributed by atoms with E-state index in [2.05, 4.69) is 20.7 Å². The summed E-state index contributed by atoms with van der Waals surface area (Å²) < 4.78 is 27.9. The zero-order chi connectivity index (χ0) is 15.6. The molecule has 0 radical (unpaired) electrons. The molecule has 9 heteroatoms. The Balaban J connectivity index is 2.27. The lowest BCUT2D eigenvalue weighted by molar-refractivity contribution is -0.385. The van der Waals surface area contributed by atoms with Crippen LogP contribution in [0.4, 0.5) is 5.69 Å². The first kappa shape index (κ1) is 16.1. The molecule has 0 atom stereocenters. The molecule has 1 aromatic heterocycles. The van der Waals surface area contributed by atoms with Gasteiger partial charge in [-0.3, -0.25) is 10.1 Å². The van der Waals surface area contributed by atoms with E-state index in [1.54, 1.807) is 0 Å². The summed E-state index contributed by atoms with van der Waals surface area (Å²) in [6, 6.07) is 5.81. The van der Waals surface area contributed by atoms with E-state index in [1.165, 1.54) is 36.5 Å². The van der Waals surface area contributed by atoms with E-state index < -0.39 is 14.9 Å². The number of sulfonamides is 1. The molecule has 0 spiro atoms. The van der Waals surface area contributed by atoms with Gasteiger partial charge in [0, 0.05) is 32.9 Å². The normalized spacial score (nSPS) is 11.5. The predicted molar refractivity (Wildman–Crippen MR) is 83.9 cm³/mol. The van der Waals surface area contributed by atoms with E-state index >= 15 is 0 Å². The quantitative estimate of drug-likeness (QED) is 0.626. The molecule has 1 aromatic carbocycles. The van der Waals surface area contributed by atoms with Crippen LogP contribution in [0.3, 0.4) is 0 Å². The number of hydrogen-bond donors (Lipinski definition) is 1. The Morgan fingerprint density at radius 1 is 1.43 bits per heavy atom. The fourth-order valence-corrected chi connectivity index (χ4v) is 4.53. The summed E-state index contributed by atoms with van der Waals surface area (Å²) in [5.74, 6) is 0. The molecule has 0 bridgehead atoms. The average molecular weight is 391 g/mol. The van der Waals surface area contributed by atoms with Gasteiger partial charge in [-0.2, -0.15) is 0 Å². The molecule has 0 unspecified atom stereocenters. The molecule has 2 aromatic rings. The van der Waals surface area contributed by atoms with E-state index in [0.717, 1.165) is 9.35 Å². The minimum atomic E-state index is -3.80. The van der Waals surface area contributed by atoms with Crippen molar-refractivity contribution in [2.45, 2.75) is 18.4 Å². The lowest BCUT2D eigenvalue weighted by Gasteiger charge is -2.08. The lowest BCUT2D eigenvalue weighted by atomic mass is 10.2. The lowest BCUT2D eigenvalue weighted by Crippen LogP contribution is -2.23. The van der Waals surface area contributed by atoms with Crippen LogP contribution in [0.2, 0.25) is 0 Å². The third kappa shape index (κ3) is 3.67. The van der Waals surface area contributed by atoms with Crippen LogP contribution in [0.15, 0.2) is 39.0 Å². The number of nitrogens with zero attached hydrogens (tertiary/aromatic N) is 1. The molecule has 112 valence electrons. The van der Waals surface area contributed by atoms with Crippen molar-refractivity contribution >= 4 is 43.0 Å². The number of benzene rings is 1. The van der Waals surface area contributed by atoms with Gasteiger partial charge >= 0.3 is 0 Å². The summed E-state index contributed by atoms with van der Waals surface area (Å²) in [6.07, 6.45) is 0. The molecular weight excluding hydrogens is 380 g/mol. The van der Waals surface area contributed by atoms with Crippen LogP contribution in [0.5, 0.6) is 0 Å². The third-order valence-corrected chi connectivity index (χ3v) is 6.04. The van der Waals surface area contributed by atoms with Crippen molar-refractivity contribution in [2.75, 3.05) is 0 Å². The van der Waals surface area contributed by atoms with Crippen LogP contribution in [0, 0.1) is 17.0 Å². The van der Waals surface area contributed by atoms with E-state index in [0.29, 0.717) is 0 Å². The number of thiophene rings is 1. The van der Waals surface area contributed by atoms with E-state index in [4.69, 9.17) is 0 Å². The van der Waals surface area contributed by atoms with Crippen LogP contribution < -0.4 is 4.72 Å². The van der Waals surface area contributed by atoms with Gasteiger partial charge in [0.15, 0.2) is 0 Å². The topological polar surface area (TPSA) is 89.3 Å². The first-order chi connectivity index (χ1) is 9.81. The van der Waals surface area contributed by atoms with Gasteiger partial charge in [0.1, 0.15) is 0 Å². The standard InChI is InChI=1S/C12H11BrN2O4S2/c1-8-11(15(16)17)3-2-4-12(8)21(18,19)14-6-10-5-9(13)7-20-10/h2-5,7,14H,6H2,1H3. The highest BCUT2D eigenvalue weighted by atomic mass is 79.9. The van der Waals surface area contributed by atoms with E-state index in [9.17, 15) is 18.5 Å². The van der Waals surface area contributed by atoms with Crippen molar-refractivity contribution in [3.63, 3.8) is 0 Å². The monoisotopic (exact) mass is 390 g/mol. The second kappa shape index (κ2) is 6.22. The van der Waals surface area contributed by atoms with Crippen molar-refractivity contribution in [3.05, 3.63) is 54.7 Å². The highest BCUT2D eigenvalue weighted by Crippen LogP contribution is 2.25. The van der Waals surface area contributed by atoms with Gasteiger partial charge in [0.25, 0.3) is 5.69 Å². The summed E-state index contributed by atoms with van der Waals surface area (Å²) in [6.45, 7) is 1.56. The van der Waals surface area contributed by atoms with Gasteiger partial charge in [-0.1, -0.05) is 6.07 Å². The highest BCUT2D eigenvalue weighted by molar-refractivity contribution is 9.10. The highest BCUT2D eigenvalue weighted by Gasteiger charge is 2.22. The molecular formula is C12H11BrN2O4S2. The molecule has 0 aliphatic rings. The van der Waals surface area contributed by atoms with Crippen LogP contribution in [-0.4, -0.2) is 13.3 Å². The molecule has 0 aliphatic heterocycles. The minimum absolute atomic E-state index is 0.0766. The molecule has 0 saturated heterocycles. The van der Waals surface area contributed by atoms with Crippen molar-refractivity contribution < 1.29 is 13.3 Å². The molecule has 2 rings (SSSR count). The molecule has 6 nitrogen and oxygen atoms in total. The maximum atomic E-state index is 12.3. The van der Waals surface area contributed by atoms with Crippen molar-refractivity contribution in [3.8, 4) is 0 Å². The van der Waals surface area contributed by atoms with Crippen molar-refractivity contribution in [2.24, 2.45) is 0 Å². The summed E-state index contributed by atoms with van der Waals surface area (Å²) in [7, 11) is -3.80. The van der Waals surface area contributed by atoms with Crippen LogP contribution in [0.1, 0.15) is 10.4 Å². The second-order valence-electron chi connectivity index (χ2n) is 4.21. The molecule has 1 heterocycles. The zero-order valence-corrected chi connectivity index (χ0v) is 14.1. The summed E-state index contributed by atoms with van der Waals surface area (Å²) in [5.41, 5.74) is -0.0842. The van der Waals surface area contributed by atoms with Gasteiger partial charge in [0.2, 0.25) is 10.0 Å². The number of nitro benzene ring substituents is 1. The Morgan fingerprint density at radius 2 is 2.14 bits per heavy atom. The summed E-state index contributed by atoms with van der Waals surface area (Å²) in [4.78, 5) is 11.0. The predicted octanol–water partition coefficient (Wildman–Crippen LogP) is 3.21. The van der Waals surface area contributed by atoms with Crippen LogP contribution in [0.25, 0.3) is 0 Å². The molecule has 0 saturated carbocycles. The Bertz CT molecular complexity index is 786. The SMILES string of the molecule is Cc1c([N+](=O)[O-])cccc1S(=O)(=O)NCc1cc(Br)cs1. The molecule has 0 fully saturated rings. The Hall–Kier alpha value is -1.29. The Kier molecular flexibility index (Phi) is 4.77. The van der Waals surface area contributed by atoms with Gasteiger partial charge in [-0.25, -0.2) is 13.1 Å². The largest absolute Gasteiger partial charge is 0.273 e. The zero-order valence-electron chi connectivity index (χ0n) is 10.9. The molecule has 0 aliphatic carbocycles. The van der Waals surface area contributed by atoms with Crippen molar-refractivity contribution in [1.29, 1.82) is 0 Å². The third-order valence-electron chi connectivity index (χ3n) is 2.80. The van der Waals surface area contributed by atoms with Gasteiger partial charge in [-0.05, 0) is 35.0 Å². The smallest absolute Gasteiger partial charge is 0.258 e. The summed E-state index contributed by atoms with van der Waals surface area (Å²) >= 11 is 4.71. The molecule has 0 amide bonds. The first-order valence-corrected chi connectivity index (χ1v) is 8.93. The summed E-state index contributed by atoms with van der Waals surface area (Å²) in [5, 5.41) is 12.7. The first-order valence-electron chi connectivity index (χ1n) is 5.78. The molecule has 21 heavy (non-hydrogen) atoms. The fourth-order valence-electron chi connectivity index (χ4n) is 1.78. The average Bonchev–Trinajstić information content (AvgIpc) is 2.82. The number of hydrogen-bond acceptors (Lipinski definition) is 5. The van der Waals surface area contributed by atoms with Gasteiger partial charge in [-0.15, -0.1) is 11.3 Å². The number of rotatable bonds is 5. The van der Waals surface area contributed by atoms with Crippen LogP contribution in [-0.2, 0) is 16.6 Å². The number of nitro groups is 1. The Morgan fingerprint density at radius 3 is 2.71 bits per heavy atom. The van der Waals surface area contributed by atoms with E-state index in [1.807, 2.05) is 11.4 Å². The van der Waals surface area contributed by atoms with E-state index in [-0.39, 0.29) is 22.7 Å². The number of nitrogens with one attached hydrogen (secondary N) is 1. The fraction of sp³-hybridized carbons (Fsp3) is 0.167. The maximum Gasteiger partial charge on any atom is 0.273 e. The van der Waals surface area contributed by atoms with Gasteiger partial charge < -0.3 is 0 Å². The Labute approximate surface area is 134 Å². The second-order valence-corrected chi connectivity index (χ2v) is 7.86. The minimum Gasteiger partial charge on any atom is -0.258 e. The molecule has 1 N–H and O–H groups in total. The van der Waals surface area contributed by atoms with Crippen molar-refractivity contribution in [1.82, 2.24) is 4.72 Å². The number of halogens is 1. The van der Waals surface area contributed by atoms with Gasteiger partial charge in [0.05, 0.1) is 9.82 Å².